The van der Waals surface area contributed by atoms with E-state index in [1.54, 1.807) is 48.5 Å². The van der Waals surface area contributed by atoms with Gasteiger partial charge in [-0.25, -0.2) is 4.79 Å². The van der Waals surface area contributed by atoms with Gasteiger partial charge in [-0.15, -0.1) is 0 Å². The number of carboxylic acid groups (broad SMARTS) is 1. The van der Waals surface area contributed by atoms with Crippen LogP contribution >= 0.6 is 0 Å². The fourth-order valence-electron chi connectivity index (χ4n) is 2.80. The van der Waals surface area contributed by atoms with Crippen LogP contribution in [0.4, 0.5) is 4.79 Å². The van der Waals surface area contributed by atoms with Crippen molar-refractivity contribution in [3.05, 3.63) is 23.8 Å². The molecule has 0 aliphatic carbocycles. The van der Waals surface area contributed by atoms with Crippen molar-refractivity contribution in [1.82, 2.24) is 0 Å². The van der Waals surface area contributed by atoms with E-state index in [0.717, 1.165) is 0 Å². The van der Waals surface area contributed by atoms with Crippen LogP contribution in [-0.4, -0.2) is 47.4 Å². The molecule has 1 unspecified atom stereocenters. The lowest BCUT2D eigenvalue weighted by Gasteiger charge is -2.28. The molecule has 0 aromatic heterocycles. The molecule has 10 heteroatoms. The molecule has 0 heterocycles. The summed E-state index contributed by atoms with van der Waals surface area (Å²) in [6.07, 6.45) is -2.17. The van der Waals surface area contributed by atoms with Gasteiger partial charge in [0, 0.05) is 12.8 Å². The predicted octanol–water partition coefficient (Wildman–Crippen LogP) is 3.87. The highest BCUT2D eigenvalue weighted by Crippen LogP contribution is 2.34. The first-order chi connectivity index (χ1) is 15.9. The minimum Gasteiger partial charge on any atom is -0.480 e. The normalized spacial score (nSPS) is 14.3. The van der Waals surface area contributed by atoms with Crippen molar-refractivity contribution in [1.29, 1.82) is 0 Å². The minimum atomic E-state index is -1.82. The number of carboxylic acids is 1. The Hall–Kier alpha value is -3.14. The largest absolute Gasteiger partial charge is 0.508 e. The molecule has 0 aliphatic rings. The number of hydrogen-bond acceptors (Lipinski definition) is 9. The molecule has 2 atom stereocenters. The Morgan fingerprint density at radius 2 is 1.46 bits per heavy atom. The summed E-state index contributed by atoms with van der Waals surface area (Å²) in [6.45, 7) is 13.3. The summed E-state index contributed by atoms with van der Waals surface area (Å²) in [5.41, 5.74) is 3.13. The van der Waals surface area contributed by atoms with Gasteiger partial charge >= 0.3 is 24.1 Å². The van der Waals surface area contributed by atoms with E-state index in [1.165, 1.54) is 25.1 Å². The number of aliphatic carboxylic acids is 1. The lowest BCUT2D eigenvalue weighted by Crippen LogP contribution is -2.52. The Morgan fingerprint density at radius 1 is 0.943 bits per heavy atom. The number of nitrogens with two attached hydrogens (primary N) is 1. The van der Waals surface area contributed by atoms with Crippen LogP contribution in [0.15, 0.2) is 18.2 Å². The second kappa shape index (κ2) is 11.5. The van der Waals surface area contributed by atoms with E-state index in [-0.39, 0.29) is 30.9 Å². The molecule has 35 heavy (non-hydrogen) atoms. The van der Waals surface area contributed by atoms with Crippen molar-refractivity contribution in [2.45, 2.75) is 79.9 Å². The zero-order valence-corrected chi connectivity index (χ0v) is 21.7. The van der Waals surface area contributed by atoms with Crippen LogP contribution in [0.25, 0.3) is 0 Å². The van der Waals surface area contributed by atoms with E-state index in [9.17, 15) is 24.3 Å². The number of carbonyl (C=O) groups excluding carboxylic acids is 3. The van der Waals surface area contributed by atoms with Crippen LogP contribution in [0.3, 0.4) is 0 Å². The molecule has 0 fully saturated rings. The van der Waals surface area contributed by atoms with Gasteiger partial charge in [0.05, 0.1) is 17.4 Å². The molecule has 1 aromatic carbocycles. The van der Waals surface area contributed by atoms with Crippen molar-refractivity contribution < 1.29 is 43.2 Å². The first-order valence-corrected chi connectivity index (χ1v) is 11.3. The van der Waals surface area contributed by atoms with Gasteiger partial charge in [0.2, 0.25) is 0 Å². The van der Waals surface area contributed by atoms with Crippen molar-refractivity contribution in [2.75, 3.05) is 6.61 Å². The standard InChI is InChI=1S/C25H37NO9/c1-9-32-22(31)33-15(2)13-25(26,19(27)28)14-16-10-11-17(34-20(29)23(3,4)5)18(12-16)35-21(30)24(6,7)8/h10-12,15H,9,13-14,26H2,1-8H3,(H,27,28)/t15-,25?/m0/s1. The molecular weight excluding hydrogens is 458 g/mol. The number of rotatable bonds is 9. The monoisotopic (exact) mass is 495 g/mol. The predicted molar refractivity (Wildman–Crippen MR) is 127 cm³/mol. The Bertz CT molecular complexity index is 943. The summed E-state index contributed by atoms with van der Waals surface area (Å²) >= 11 is 0. The van der Waals surface area contributed by atoms with Crippen molar-refractivity contribution in [3.8, 4) is 11.5 Å². The van der Waals surface area contributed by atoms with Crippen LogP contribution in [0.1, 0.15) is 67.4 Å². The highest BCUT2D eigenvalue weighted by atomic mass is 16.7. The van der Waals surface area contributed by atoms with E-state index in [2.05, 4.69) is 0 Å². The summed E-state index contributed by atoms with van der Waals surface area (Å²) in [7, 11) is 0. The Kier molecular flexibility index (Phi) is 9.84. The van der Waals surface area contributed by atoms with E-state index < -0.39 is 46.5 Å². The van der Waals surface area contributed by atoms with Gasteiger partial charge in [-0.2, -0.15) is 0 Å². The first kappa shape index (κ1) is 29.9. The third-order valence-electron chi connectivity index (χ3n) is 4.79. The lowest BCUT2D eigenvalue weighted by molar-refractivity contribution is -0.145. The maximum absolute atomic E-state index is 12.5. The van der Waals surface area contributed by atoms with Gasteiger partial charge < -0.3 is 29.8 Å². The molecule has 10 nitrogen and oxygen atoms in total. The summed E-state index contributed by atoms with van der Waals surface area (Å²) in [4.78, 5) is 48.6. The van der Waals surface area contributed by atoms with Gasteiger partial charge in [-0.05, 0) is 73.1 Å². The summed E-state index contributed by atoms with van der Waals surface area (Å²) in [6, 6.07) is 4.36. The maximum atomic E-state index is 12.5. The zero-order valence-electron chi connectivity index (χ0n) is 21.7. The first-order valence-electron chi connectivity index (χ1n) is 11.3. The van der Waals surface area contributed by atoms with Gasteiger partial charge in [0.25, 0.3) is 0 Å². The summed E-state index contributed by atoms with van der Waals surface area (Å²) in [5, 5.41) is 9.81. The number of carbonyl (C=O) groups is 4. The van der Waals surface area contributed by atoms with Crippen LogP contribution < -0.4 is 15.2 Å². The van der Waals surface area contributed by atoms with Crippen LogP contribution in [0, 0.1) is 10.8 Å². The quantitative estimate of drug-likeness (QED) is 0.381. The number of esters is 2. The van der Waals surface area contributed by atoms with Gasteiger partial charge in [0.1, 0.15) is 11.6 Å². The second-order valence-electron chi connectivity index (χ2n) is 10.5. The number of ether oxygens (including phenoxy) is 4. The molecule has 0 saturated heterocycles. The molecule has 0 amide bonds. The number of benzene rings is 1. The van der Waals surface area contributed by atoms with Gasteiger partial charge in [-0.1, -0.05) is 6.07 Å². The molecule has 196 valence electrons. The van der Waals surface area contributed by atoms with E-state index in [0.29, 0.717) is 5.56 Å². The van der Waals surface area contributed by atoms with E-state index >= 15 is 0 Å². The lowest BCUT2D eigenvalue weighted by atomic mass is 9.86. The molecule has 0 spiro atoms. The maximum Gasteiger partial charge on any atom is 0.508 e. The van der Waals surface area contributed by atoms with E-state index in [1.807, 2.05) is 0 Å². The van der Waals surface area contributed by atoms with Gasteiger partial charge in [0.15, 0.2) is 11.5 Å². The fraction of sp³-hybridized carbons (Fsp3) is 0.600. The van der Waals surface area contributed by atoms with Crippen molar-refractivity contribution in [2.24, 2.45) is 16.6 Å². The van der Waals surface area contributed by atoms with Crippen LogP contribution in [0.2, 0.25) is 0 Å². The molecule has 3 N–H and O–H groups in total. The van der Waals surface area contributed by atoms with Crippen molar-refractivity contribution in [3.63, 3.8) is 0 Å². The third kappa shape index (κ3) is 9.20. The molecule has 1 rings (SSSR count). The summed E-state index contributed by atoms with van der Waals surface area (Å²) < 4.78 is 20.7. The number of hydrogen-bond donors (Lipinski definition) is 2. The molecule has 0 saturated carbocycles. The topological polar surface area (TPSA) is 151 Å². The van der Waals surface area contributed by atoms with Gasteiger partial charge in [-0.3, -0.25) is 14.4 Å². The highest BCUT2D eigenvalue weighted by molar-refractivity contribution is 5.82. The molecule has 0 aliphatic heterocycles. The fourth-order valence-corrected chi connectivity index (χ4v) is 2.80. The molecule has 1 aromatic rings. The molecule has 0 bridgehead atoms. The Balaban J connectivity index is 3.29. The van der Waals surface area contributed by atoms with E-state index in [4.69, 9.17) is 24.7 Å². The molecule has 0 radical (unpaired) electrons. The smallest absolute Gasteiger partial charge is 0.480 e. The summed E-state index contributed by atoms with van der Waals surface area (Å²) in [5.74, 6) is -2.45. The second-order valence-corrected chi connectivity index (χ2v) is 10.5. The van der Waals surface area contributed by atoms with Crippen LogP contribution in [0.5, 0.6) is 11.5 Å². The minimum absolute atomic E-state index is 0.0169. The third-order valence-corrected chi connectivity index (χ3v) is 4.79. The Morgan fingerprint density at radius 3 is 1.91 bits per heavy atom. The van der Waals surface area contributed by atoms with Crippen LogP contribution in [-0.2, 0) is 30.3 Å². The molecular formula is C25H37NO9. The zero-order chi connectivity index (χ0) is 27.2. The SMILES string of the molecule is CCOC(=O)O[C@@H](C)CC(N)(Cc1ccc(OC(=O)C(C)(C)C)c(OC(=O)C(C)(C)C)c1)C(=O)O. The average molecular weight is 496 g/mol. The van der Waals surface area contributed by atoms with Crippen molar-refractivity contribution >= 4 is 24.1 Å². The highest BCUT2D eigenvalue weighted by Gasteiger charge is 2.38. The average Bonchev–Trinajstić information content (AvgIpc) is 2.68. The Labute approximate surface area is 206 Å².